The van der Waals surface area contributed by atoms with Crippen molar-refractivity contribution >= 4 is 11.9 Å². The summed E-state index contributed by atoms with van der Waals surface area (Å²) >= 11 is 0. The monoisotopic (exact) mass is 352 g/mol. The molecule has 0 amide bonds. The SMILES string of the molecule is C=C(C)C(=O)O.C=C(C)C(=O)OOC.OCCOCCOCCO. The van der Waals surface area contributed by atoms with Gasteiger partial charge in [0.05, 0.1) is 46.8 Å². The molecule has 0 heterocycles. The number of carboxylic acids is 1. The maximum Gasteiger partial charge on any atom is 0.368 e. The van der Waals surface area contributed by atoms with Gasteiger partial charge in [-0.2, -0.15) is 4.89 Å². The van der Waals surface area contributed by atoms with Gasteiger partial charge in [0.1, 0.15) is 0 Å². The Morgan fingerprint density at radius 1 is 0.875 bits per heavy atom. The maximum absolute atomic E-state index is 10.3. The number of hydrogen-bond acceptors (Lipinski definition) is 8. The molecular weight excluding hydrogens is 324 g/mol. The first-order valence-corrected chi connectivity index (χ1v) is 6.91. The topological polar surface area (TPSA) is 132 Å². The minimum Gasteiger partial charge on any atom is -0.478 e. The highest BCUT2D eigenvalue weighted by molar-refractivity contribution is 5.86. The van der Waals surface area contributed by atoms with Gasteiger partial charge in [0.25, 0.3) is 0 Å². The second-order valence-corrected chi connectivity index (χ2v) is 4.08. The largest absolute Gasteiger partial charge is 0.478 e. The van der Waals surface area contributed by atoms with E-state index in [4.69, 9.17) is 24.8 Å². The van der Waals surface area contributed by atoms with Gasteiger partial charge in [-0.3, -0.25) is 4.89 Å². The number of ether oxygens (including phenoxy) is 2. The highest BCUT2D eigenvalue weighted by Gasteiger charge is 2.00. The van der Waals surface area contributed by atoms with Crippen LogP contribution in [0.15, 0.2) is 24.3 Å². The summed E-state index contributed by atoms with van der Waals surface area (Å²) in [5.74, 6) is -1.47. The lowest BCUT2D eigenvalue weighted by molar-refractivity contribution is -0.250. The van der Waals surface area contributed by atoms with Crippen LogP contribution in [0, 0.1) is 0 Å². The molecule has 0 atom stereocenters. The van der Waals surface area contributed by atoms with Crippen molar-refractivity contribution in [2.75, 3.05) is 46.8 Å². The van der Waals surface area contributed by atoms with E-state index >= 15 is 0 Å². The van der Waals surface area contributed by atoms with Crippen LogP contribution in [0.2, 0.25) is 0 Å². The van der Waals surface area contributed by atoms with Crippen LogP contribution in [0.4, 0.5) is 0 Å². The average molecular weight is 352 g/mol. The third-order valence-electron chi connectivity index (χ3n) is 1.72. The van der Waals surface area contributed by atoms with E-state index in [1.54, 1.807) is 6.92 Å². The molecule has 0 bridgehead atoms. The summed E-state index contributed by atoms with van der Waals surface area (Å²) in [4.78, 5) is 28.0. The smallest absolute Gasteiger partial charge is 0.368 e. The first kappa shape index (κ1) is 27.1. The fourth-order valence-electron chi connectivity index (χ4n) is 0.598. The molecule has 0 aliphatic rings. The maximum atomic E-state index is 10.3. The number of carboxylic acid groups (broad SMARTS) is 1. The number of aliphatic hydroxyl groups is 2. The summed E-state index contributed by atoms with van der Waals surface area (Å²) in [7, 11) is 1.26. The normalized spacial score (nSPS) is 8.88. The Kier molecular flexibility index (Phi) is 23.9. The quantitative estimate of drug-likeness (QED) is 0.220. The number of aliphatic carboxylic acids is 1. The van der Waals surface area contributed by atoms with Crippen LogP contribution < -0.4 is 0 Å². The third-order valence-corrected chi connectivity index (χ3v) is 1.72. The molecule has 0 aliphatic carbocycles. The van der Waals surface area contributed by atoms with Gasteiger partial charge in [-0.1, -0.05) is 13.2 Å². The predicted molar refractivity (Wildman–Crippen MR) is 86.2 cm³/mol. The molecule has 3 N–H and O–H groups in total. The summed E-state index contributed by atoms with van der Waals surface area (Å²) in [6.07, 6.45) is 0. The molecule has 0 aromatic carbocycles. The first-order valence-electron chi connectivity index (χ1n) is 6.91. The number of carbonyl (C=O) groups excluding carboxylic acids is 1. The Morgan fingerprint density at radius 3 is 1.42 bits per heavy atom. The van der Waals surface area contributed by atoms with Gasteiger partial charge in [0, 0.05) is 11.1 Å². The second-order valence-electron chi connectivity index (χ2n) is 4.08. The summed E-state index contributed by atoms with van der Waals surface area (Å²) in [5.41, 5.74) is 0.502. The molecule has 9 heteroatoms. The molecule has 0 unspecified atom stereocenters. The molecule has 142 valence electrons. The first-order chi connectivity index (χ1) is 11.2. The van der Waals surface area contributed by atoms with Crippen molar-refractivity contribution in [3.8, 4) is 0 Å². The second kappa shape index (κ2) is 21.2. The van der Waals surface area contributed by atoms with Crippen molar-refractivity contribution in [2.45, 2.75) is 13.8 Å². The Bertz CT molecular complexity index is 333. The van der Waals surface area contributed by atoms with Crippen LogP contribution in [0.5, 0.6) is 0 Å². The van der Waals surface area contributed by atoms with Crippen molar-refractivity contribution < 1.29 is 44.2 Å². The molecule has 0 spiro atoms. The van der Waals surface area contributed by atoms with E-state index in [9.17, 15) is 9.59 Å². The molecule has 0 rings (SSSR count). The molecular formula is C15H28O9. The molecule has 0 aromatic heterocycles. The lowest BCUT2D eigenvalue weighted by Crippen LogP contribution is -2.09. The summed E-state index contributed by atoms with van der Waals surface area (Å²) in [5, 5.41) is 24.4. The van der Waals surface area contributed by atoms with Crippen molar-refractivity contribution in [3.05, 3.63) is 24.3 Å². The number of carbonyl (C=O) groups is 2. The van der Waals surface area contributed by atoms with E-state index < -0.39 is 11.9 Å². The number of hydrogen-bond donors (Lipinski definition) is 3. The van der Waals surface area contributed by atoms with E-state index in [1.807, 2.05) is 0 Å². The standard InChI is InChI=1S/C6H14O4.C5H8O3.C4H6O2/c7-1-3-9-5-6-10-4-2-8;1-4(2)5(6)8-7-3;1-3(2)4(5)6/h7-8H,1-6H2;1H2,2-3H3;1H2,2H3,(H,5,6). The van der Waals surface area contributed by atoms with Gasteiger partial charge in [-0.15, -0.1) is 0 Å². The molecule has 0 saturated carbocycles. The van der Waals surface area contributed by atoms with Crippen LogP contribution >= 0.6 is 0 Å². The van der Waals surface area contributed by atoms with Crippen LogP contribution in [-0.4, -0.2) is 74.0 Å². The minimum absolute atomic E-state index is 0.0417. The van der Waals surface area contributed by atoms with Crippen LogP contribution in [0.25, 0.3) is 0 Å². The molecule has 0 saturated heterocycles. The fraction of sp³-hybridized carbons (Fsp3) is 0.600. The number of aliphatic hydroxyl groups excluding tert-OH is 2. The van der Waals surface area contributed by atoms with Gasteiger partial charge in [-0.25, -0.2) is 9.59 Å². The fourth-order valence-corrected chi connectivity index (χ4v) is 0.598. The minimum atomic E-state index is -0.935. The van der Waals surface area contributed by atoms with E-state index in [0.717, 1.165) is 0 Å². The Hall–Kier alpha value is -1.78. The predicted octanol–water partition coefficient (Wildman–Crippen LogP) is 0.318. The molecule has 0 aromatic rings. The zero-order valence-corrected chi connectivity index (χ0v) is 14.4. The Labute approximate surface area is 142 Å². The van der Waals surface area contributed by atoms with Crippen LogP contribution in [-0.2, 0) is 28.8 Å². The molecule has 9 nitrogen and oxygen atoms in total. The molecule has 0 radical (unpaired) electrons. The Balaban J connectivity index is -0.000000285. The van der Waals surface area contributed by atoms with E-state index in [0.29, 0.717) is 32.0 Å². The zero-order valence-electron chi connectivity index (χ0n) is 14.4. The molecule has 0 aliphatic heterocycles. The lowest BCUT2D eigenvalue weighted by atomic mass is 10.4. The lowest BCUT2D eigenvalue weighted by Gasteiger charge is -2.01. The Morgan fingerprint density at radius 2 is 1.25 bits per heavy atom. The molecule has 24 heavy (non-hydrogen) atoms. The zero-order chi connectivity index (χ0) is 19.4. The van der Waals surface area contributed by atoms with E-state index in [1.165, 1.54) is 14.0 Å². The van der Waals surface area contributed by atoms with Crippen molar-refractivity contribution in [3.63, 3.8) is 0 Å². The summed E-state index contributed by atoms with van der Waals surface area (Å²) in [6.45, 7) is 11.2. The highest BCUT2D eigenvalue weighted by atomic mass is 17.2. The van der Waals surface area contributed by atoms with Crippen molar-refractivity contribution in [2.24, 2.45) is 0 Å². The van der Waals surface area contributed by atoms with Gasteiger partial charge < -0.3 is 24.8 Å². The van der Waals surface area contributed by atoms with Gasteiger partial charge in [0.2, 0.25) is 0 Å². The summed E-state index contributed by atoms with van der Waals surface area (Å²) in [6, 6.07) is 0. The highest BCUT2D eigenvalue weighted by Crippen LogP contribution is 1.89. The third kappa shape index (κ3) is 28.4. The average Bonchev–Trinajstić information content (AvgIpc) is 2.52. The van der Waals surface area contributed by atoms with E-state index in [-0.39, 0.29) is 18.8 Å². The van der Waals surface area contributed by atoms with Crippen molar-refractivity contribution in [1.82, 2.24) is 0 Å². The van der Waals surface area contributed by atoms with Gasteiger partial charge >= 0.3 is 11.9 Å². The molecule has 0 fully saturated rings. The summed E-state index contributed by atoms with van der Waals surface area (Å²) < 4.78 is 9.75. The van der Waals surface area contributed by atoms with Gasteiger partial charge in [-0.05, 0) is 13.8 Å². The van der Waals surface area contributed by atoms with Crippen LogP contribution in [0.1, 0.15) is 13.8 Å². The van der Waals surface area contributed by atoms with Crippen LogP contribution in [0.3, 0.4) is 0 Å². The van der Waals surface area contributed by atoms with Crippen molar-refractivity contribution in [1.29, 1.82) is 0 Å². The number of rotatable bonds is 10. The van der Waals surface area contributed by atoms with E-state index in [2.05, 4.69) is 22.9 Å². The van der Waals surface area contributed by atoms with Gasteiger partial charge in [0.15, 0.2) is 0 Å².